The summed E-state index contributed by atoms with van der Waals surface area (Å²) in [6, 6.07) is 13.9. The average Bonchev–Trinajstić information content (AvgIpc) is 2.80. The lowest BCUT2D eigenvalue weighted by Gasteiger charge is -2.14. The van der Waals surface area contributed by atoms with Gasteiger partial charge < -0.3 is 9.47 Å². The maximum Gasteiger partial charge on any atom is 0.274 e. The number of carbonyl (C=O) groups excluding carboxylic acids is 1. The monoisotopic (exact) mass is 549 g/mol. The van der Waals surface area contributed by atoms with Gasteiger partial charge >= 0.3 is 0 Å². The summed E-state index contributed by atoms with van der Waals surface area (Å²) >= 11 is 15.4. The molecule has 0 unspecified atom stereocenters. The number of amides is 1. The van der Waals surface area contributed by atoms with Crippen molar-refractivity contribution in [1.29, 1.82) is 5.26 Å². The lowest BCUT2D eigenvalue weighted by Crippen LogP contribution is -2.19. The van der Waals surface area contributed by atoms with Crippen LogP contribution in [-0.2, 0) is 6.61 Å². The van der Waals surface area contributed by atoms with Crippen molar-refractivity contribution in [2.45, 2.75) is 6.61 Å². The van der Waals surface area contributed by atoms with E-state index >= 15 is 0 Å². The molecule has 0 aliphatic heterocycles. The Morgan fingerprint density at radius 1 is 1.21 bits per heavy atom. The Bertz CT molecular complexity index is 1280. The summed E-state index contributed by atoms with van der Waals surface area (Å²) < 4.78 is 25.8. The maximum absolute atomic E-state index is 14.0. The second kappa shape index (κ2) is 11.1. The minimum Gasteiger partial charge on any atom is -0.493 e. The summed E-state index contributed by atoms with van der Waals surface area (Å²) in [5.41, 5.74) is 3.55. The highest BCUT2D eigenvalue weighted by Gasteiger charge is 2.13. The molecule has 0 bridgehead atoms. The number of nitriles is 1. The minimum atomic E-state index is -0.811. The van der Waals surface area contributed by atoms with Gasteiger partial charge in [-0.1, -0.05) is 29.3 Å². The zero-order valence-electron chi connectivity index (χ0n) is 17.0. The van der Waals surface area contributed by atoms with Crippen LogP contribution in [0.1, 0.15) is 27.0 Å². The molecular weight excluding hydrogens is 536 g/mol. The van der Waals surface area contributed by atoms with Crippen LogP contribution in [-0.4, -0.2) is 19.2 Å². The molecule has 1 amide bonds. The van der Waals surface area contributed by atoms with Crippen LogP contribution in [0.25, 0.3) is 0 Å². The van der Waals surface area contributed by atoms with E-state index in [2.05, 4.69) is 26.5 Å². The molecule has 0 spiro atoms. The molecular formula is C23H15BrCl2FN3O3. The first kappa shape index (κ1) is 24.5. The third-order valence-corrected chi connectivity index (χ3v) is 5.67. The normalized spacial score (nSPS) is 10.7. The van der Waals surface area contributed by atoms with Crippen LogP contribution in [0.2, 0.25) is 10.0 Å². The number of carbonyl (C=O) groups is 1. The molecule has 0 fully saturated rings. The van der Waals surface area contributed by atoms with Crippen LogP contribution in [0.5, 0.6) is 11.5 Å². The molecule has 3 aromatic carbocycles. The van der Waals surface area contributed by atoms with Gasteiger partial charge in [-0.15, -0.1) is 0 Å². The number of nitrogens with one attached hydrogen (secondary N) is 1. The van der Waals surface area contributed by atoms with E-state index in [1.54, 1.807) is 36.4 Å². The predicted molar refractivity (Wildman–Crippen MR) is 128 cm³/mol. The smallest absolute Gasteiger partial charge is 0.274 e. The van der Waals surface area contributed by atoms with Gasteiger partial charge in [-0.3, -0.25) is 4.79 Å². The highest BCUT2D eigenvalue weighted by molar-refractivity contribution is 9.10. The van der Waals surface area contributed by atoms with Gasteiger partial charge in [0.25, 0.3) is 5.91 Å². The van der Waals surface area contributed by atoms with Crippen molar-refractivity contribution in [3.8, 4) is 17.6 Å². The summed E-state index contributed by atoms with van der Waals surface area (Å²) in [7, 11) is 1.49. The van der Waals surface area contributed by atoms with Crippen molar-refractivity contribution in [2.75, 3.05) is 7.11 Å². The Labute approximate surface area is 207 Å². The van der Waals surface area contributed by atoms with Gasteiger partial charge in [0.1, 0.15) is 12.4 Å². The fourth-order valence-corrected chi connectivity index (χ4v) is 3.63. The van der Waals surface area contributed by atoms with E-state index < -0.39 is 11.7 Å². The molecule has 1 N–H and O–H groups in total. The summed E-state index contributed by atoms with van der Waals surface area (Å²) in [6.45, 7) is 0.228. The zero-order valence-corrected chi connectivity index (χ0v) is 20.1. The SMILES string of the molecule is COc1cc(/C=N\NC(=O)c2ccc(C#N)cc2F)cc(Br)c1OCc1ccc(Cl)c(Cl)c1. The Morgan fingerprint density at radius 3 is 2.67 bits per heavy atom. The van der Waals surface area contributed by atoms with Crippen molar-refractivity contribution < 1.29 is 18.7 Å². The Hall–Kier alpha value is -3.12. The molecule has 33 heavy (non-hydrogen) atoms. The summed E-state index contributed by atoms with van der Waals surface area (Å²) in [4.78, 5) is 12.1. The average molecular weight is 551 g/mol. The molecule has 10 heteroatoms. The Kier molecular flexibility index (Phi) is 8.28. The minimum absolute atomic E-state index is 0.117. The van der Waals surface area contributed by atoms with E-state index in [1.807, 2.05) is 0 Å². The molecule has 168 valence electrons. The van der Waals surface area contributed by atoms with Crippen LogP contribution in [0.3, 0.4) is 0 Å². The number of methoxy groups -OCH3 is 1. The number of rotatable bonds is 7. The summed E-state index contributed by atoms with van der Waals surface area (Å²) in [6.07, 6.45) is 1.37. The van der Waals surface area contributed by atoms with Gasteiger partial charge in [-0.25, -0.2) is 9.82 Å². The molecule has 0 aliphatic carbocycles. The molecule has 0 radical (unpaired) electrons. The van der Waals surface area contributed by atoms with Crippen LogP contribution < -0.4 is 14.9 Å². The predicted octanol–water partition coefficient (Wildman–Crippen LogP) is 6.12. The second-order valence-electron chi connectivity index (χ2n) is 6.58. The van der Waals surface area contributed by atoms with Crippen LogP contribution in [0, 0.1) is 17.1 Å². The quantitative estimate of drug-likeness (QED) is 0.284. The highest BCUT2D eigenvalue weighted by atomic mass is 79.9. The molecule has 0 atom stereocenters. The number of benzene rings is 3. The van der Waals surface area contributed by atoms with Gasteiger partial charge in [0.15, 0.2) is 11.5 Å². The second-order valence-corrected chi connectivity index (χ2v) is 8.25. The summed E-state index contributed by atoms with van der Waals surface area (Å²) in [5, 5.41) is 13.5. The van der Waals surface area contributed by atoms with Gasteiger partial charge in [-0.2, -0.15) is 10.4 Å². The number of halogens is 4. The molecule has 0 heterocycles. The van der Waals surface area contributed by atoms with E-state index in [0.717, 1.165) is 11.6 Å². The molecule has 0 aliphatic rings. The Balaban J connectivity index is 1.71. The van der Waals surface area contributed by atoms with Crippen LogP contribution in [0.15, 0.2) is 58.1 Å². The number of hydrogen-bond acceptors (Lipinski definition) is 5. The number of nitrogens with zero attached hydrogens (tertiary/aromatic N) is 2. The molecule has 0 saturated heterocycles. The van der Waals surface area contributed by atoms with Crippen LogP contribution in [0.4, 0.5) is 4.39 Å². The van der Waals surface area contributed by atoms with Crippen LogP contribution >= 0.6 is 39.1 Å². The van der Waals surface area contributed by atoms with Crippen molar-refractivity contribution in [1.82, 2.24) is 5.43 Å². The van der Waals surface area contributed by atoms with Crippen molar-refractivity contribution in [2.24, 2.45) is 5.10 Å². The van der Waals surface area contributed by atoms with Crippen molar-refractivity contribution in [3.05, 3.63) is 91.1 Å². The topological polar surface area (TPSA) is 83.7 Å². The summed E-state index contributed by atoms with van der Waals surface area (Å²) in [5.74, 6) is -0.671. The standard InChI is InChI=1S/C23H15BrCl2FN3O3/c1-32-21-9-15(11-29-30-23(31)16-4-2-13(10-28)8-20(16)27)6-17(24)22(21)33-12-14-3-5-18(25)19(26)7-14/h2-9,11H,12H2,1H3,(H,30,31)/b29-11-. The first-order valence-corrected chi connectivity index (χ1v) is 10.8. The molecule has 6 nitrogen and oxygen atoms in total. The molecule has 3 rings (SSSR count). The van der Waals surface area contributed by atoms with E-state index in [-0.39, 0.29) is 17.7 Å². The largest absolute Gasteiger partial charge is 0.493 e. The lowest BCUT2D eigenvalue weighted by atomic mass is 10.1. The molecule has 0 aromatic heterocycles. The van der Waals surface area contributed by atoms with Crippen molar-refractivity contribution >= 4 is 51.3 Å². The molecule has 3 aromatic rings. The number of hydrazone groups is 1. The first-order valence-electron chi connectivity index (χ1n) is 9.29. The fraction of sp³-hybridized carbons (Fsp3) is 0.0870. The van der Waals surface area contributed by atoms with Crippen molar-refractivity contribution in [3.63, 3.8) is 0 Å². The highest BCUT2D eigenvalue weighted by Crippen LogP contribution is 2.37. The Morgan fingerprint density at radius 2 is 2.00 bits per heavy atom. The third kappa shape index (κ3) is 6.23. The van der Waals surface area contributed by atoms with Gasteiger partial charge in [0.2, 0.25) is 0 Å². The number of hydrogen-bond donors (Lipinski definition) is 1. The zero-order chi connectivity index (χ0) is 24.0. The van der Waals surface area contributed by atoms with E-state index in [4.69, 9.17) is 37.9 Å². The van der Waals surface area contributed by atoms with E-state index in [1.165, 1.54) is 25.5 Å². The third-order valence-electron chi connectivity index (χ3n) is 4.34. The van der Waals surface area contributed by atoms with Gasteiger partial charge in [0.05, 0.1) is 45.0 Å². The first-order chi connectivity index (χ1) is 15.8. The van der Waals surface area contributed by atoms with Gasteiger partial charge in [0, 0.05) is 0 Å². The van der Waals surface area contributed by atoms with Gasteiger partial charge in [-0.05, 0) is 69.5 Å². The van der Waals surface area contributed by atoms with E-state index in [0.29, 0.717) is 31.6 Å². The maximum atomic E-state index is 14.0. The van der Waals surface area contributed by atoms with E-state index in [9.17, 15) is 9.18 Å². The fourth-order valence-electron chi connectivity index (χ4n) is 2.73. The number of ether oxygens (including phenoxy) is 2. The lowest BCUT2D eigenvalue weighted by molar-refractivity contribution is 0.0951. The molecule has 0 saturated carbocycles.